The van der Waals surface area contributed by atoms with Gasteiger partial charge < -0.3 is 11.1 Å². The van der Waals surface area contributed by atoms with Crippen LogP contribution < -0.4 is 11.1 Å². The van der Waals surface area contributed by atoms with Gasteiger partial charge in [-0.1, -0.05) is 34.6 Å². The Kier molecular flexibility index (Phi) is 4.21. The van der Waals surface area contributed by atoms with E-state index in [2.05, 4.69) is 39.9 Å². The van der Waals surface area contributed by atoms with Gasteiger partial charge in [0.1, 0.15) is 0 Å². The van der Waals surface area contributed by atoms with Gasteiger partial charge in [-0.2, -0.15) is 0 Å². The molecule has 2 aliphatic rings. The lowest BCUT2D eigenvalue weighted by Gasteiger charge is -2.51. The molecule has 2 atom stereocenters. The van der Waals surface area contributed by atoms with E-state index in [1.54, 1.807) is 0 Å². The van der Waals surface area contributed by atoms with Gasteiger partial charge in [-0.05, 0) is 43.4 Å². The summed E-state index contributed by atoms with van der Waals surface area (Å²) < 4.78 is 0. The van der Waals surface area contributed by atoms with Crippen molar-refractivity contribution in [2.45, 2.75) is 78.8 Å². The number of nitrogens with two attached hydrogens (primary N) is 1. The summed E-state index contributed by atoms with van der Waals surface area (Å²) in [6.45, 7) is 11.3. The Morgan fingerprint density at radius 3 is 2.10 bits per heavy atom. The molecular formula is C17H32N2O. The zero-order chi connectivity index (χ0) is 15.1. The van der Waals surface area contributed by atoms with E-state index in [4.69, 9.17) is 5.73 Å². The Morgan fingerprint density at radius 2 is 1.70 bits per heavy atom. The molecule has 2 aliphatic carbocycles. The second-order valence-electron chi connectivity index (χ2n) is 8.64. The van der Waals surface area contributed by atoms with Gasteiger partial charge in [0, 0.05) is 23.4 Å². The number of hydrogen-bond donors (Lipinski definition) is 2. The largest absolute Gasteiger partial charge is 0.352 e. The van der Waals surface area contributed by atoms with E-state index in [-0.39, 0.29) is 29.3 Å². The van der Waals surface area contributed by atoms with Gasteiger partial charge in [0.25, 0.3) is 0 Å². The Bertz CT molecular complexity index is 362. The van der Waals surface area contributed by atoms with E-state index in [9.17, 15) is 4.79 Å². The minimum absolute atomic E-state index is 0.0538. The molecule has 116 valence electrons. The van der Waals surface area contributed by atoms with Gasteiger partial charge in [-0.15, -0.1) is 0 Å². The molecule has 0 spiro atoms. The molecule has 0 aromatic rings. The standard InChI is InChI=1S/C17H32N2O/c1-16(2,3)12-8-6-11(7-9-12)15(20)19-14-10-13(18)17(14,4)5/h11-14H,6-10,18H2,1-5H3,(H,19,20). The summed E-state index contributed by atoms with van der Waals surface area (Å²) in [4.78, 5) is 12.4. The maximum Gasteiger partial charge on any atom is 0.223 e. The van der Waals surface area contributed by atoms with Crippen molar-refractivity contribution in [3.05, 3.63) is 0 Å². The monoisotopic (exact) mass is 280 g/mol. The minimum Gasteiger partial charge on any atom is -0.352 e. The first-order valence-corrected chi connectivity index (χ1v) is 8.18. The summed E-state index contributed by atoms with van der Waals surface area (Å²) in [6, 6.07) is 0.495. The Hall–Kier alpha value is -0.570. The summed E-state index contributed by atoms with van der Waals surface area (Å²) in [5, 5.41) is 3.24. The molecule has 2 unspecified atom stereocenters. The van der Waals surface area contributed by atoms with Gasteiger partial charge in [-0.25, -0.2) is 0 Å². The number of carbonyl (C=O) groups excluding carboxylic acids is 1. The molecule has 0 bridgehead atoms. The molecule has 0 aromatic heterocycles. The van der Waals surface area contributed by atoms with Crippen LogP contribution in [0.4, 0.5) is 0 Å². The molecular weight excluding hydrogens is 248 g/mol. The SMILES string of the molecule is CC(C)(C)C1CCC(C(=O)NC2CC(N)C2(C)C)CC1. The molecule has 3 heteroatoms. The molecule has 20 heavy (non-hydrogen) atoms. The van der Waals surface area contributed by atoms with E-state index in [0.717, 1.165) is 25.2 Å². The third kappa shape index (κ3) is 3.03. The second-order valence-corrected chi connectivity index (χ2v) is 8.64. The predicted molar refractivity (Wildman–Crippen MR) is 83.2 cm³/mol. The molecule has 0 aliphatic heterocycles. The summed E-state index contributed by atoms with van der Waals surface area (Å²) >= 11 is 0. The van der Waals surface area contributed by atoms with E-state index in [1.807, 2.05) is 0 Å². The van der Waals surface area contributed by atoms with Gasteiger partial charge in [0.2, 0.25) is 5.91 Å². The molecule has 0 radical (unpaired) electrons. The quantitative estimate of drug-likeness (QED) is 0.816. The van der Waals surface area contributed by atoms with Crippen LogP contribution in [0.25, 0.3) is 0 Å². The third-order valence-corrected chi connectivity index (χ3v) is 5.98. The van der Waals surface area contributed by atoms with Gasteiger partial charge in [-0.3, -0.25) is 4.79 Å². The molecule has 3 nitrogen and oxygen atoms in total. The van der Waals surface area contributed by atoms with Crippen molar-refractivity contribution in [2.24, 2.45) is 28.4 Å². The topological polar surface area (TPSA) is 55.1 Å². The summed E-state index contributed by atoms with van der Waals surface area (Å²) in [6.07, 6.45) is 5.40. The zero-order valence-electron chi connectivity index (χ0n) is 13.8. The second kappa shape index (κ2) is 5.32. The van der Waals surface area contributed by atoms with Crippen molar-refractivity contribution in [1.29, 1.82) is 0 Å². The minimum atomic E-state index is 0.0538. The van der Waals surface area contributed by atoms with Crippen LogP contribution in [0.1, 0.15) is 66.7 Å². The van der Waals surface area contributed by atoms with Crippen molar-refractivity contribution >= 4 is 5.91 Å². The Balaban J connectivity index is 1.81. The summed E-state index contributed by atoms with van der Waals surface area (Å²) in [5.41, 5.74) is 6.45. The van der Waals surface area contributed by atoms with Crippen molar-refractivity contribution in [2.75, 3.05) is 0 Å². The van der Waals surface area contributed by atoms with Crippen LogP contribution in [0.3, 0.4) is 0 Å². The lowest BCUT2D eigenvalue weighted by atomic mass is 9.63. The van der Waals surface area contributed by atoms with Crippen molar-refractivity contribution in [3.63, 3.8) is 0 Å². The number of rotatable bonds is 2. The van der Waals surface area contributed by atoms with E-state index >= 15 is 0 Å². The fourth-order valence-corrected chi connectivity index (χ4v) is 3.72. The fraction of sp³-hybridized carbons (Fsp3) is 0.941. The fourth-order valence-electron chi connectivity index (χ4n) is 3.72. The molecule has 0 heterocycles. The highest BCUT2D eigenvalue weighted by molar-refractivity contribution is 5.79. The number of nitrogens with one attached hydrogen (secondary N) is 1. The van der Waals surface area contributed by atoms with E-state index < -0.39 is 0 Å². The van der Waals surface area contributed by atoms with Crippen molar-refractivity contribution in [3.8, 4) is 0 Å². The number of carbonyl (C=O) groups is 1. The predicted octanol–water partition coefficient (Wildman–Crippen LogP) is 3.08. The maximum atomic E-state index is 12.4. The lowest BCUT2D eigenvalue weighted by molar-refractivity contribution is -0.129. The Labute approximate surface area is 124 Å². The van der Waals surface area contributed by atoms with E-state index in [0.29, 0.717) is 5.41 Å². The van der Waals surface area contributed by atoms with Crippen LogP contribution in [0, 0.1) is 22.7 Å². The molecule has 0 saturated heterocycles. The van der Waals surface area contributed by atoms with Crippen LogP contribution in [-0.4, -0.2) is 18.0 Å². The maximum absolute atomic E-state index is 12.4. The molecule has 2 fully saturated rings. The smallest absolute Gasteiger partial charge is 0.223 e. The highest BCUT2D eigenvalue weighted by Crippen LogP contribution is 2.41. The van der Waals surface area contributed by atoms with Crippen LogP contribution in [0.2, 0.25) is 0 Å². The molecule has 1 amide bonds. The number of amides is 1. The van der Waals surface area contributed by atoms with Gasteiger partial charge >= 0.3 is 0 Å². The van der Waals surface area contributed by atoms with Crippen LogP contribution >= 0.6 is 0 Å². The molecule has 2 saturated carbocycles. The highest BCUT2D eigenvalue weighted by Gasteiger charge is 2.47. The van der Waals surface area contributed by atoms with E-state index in [1.165, 1.54) is 12.8 Å². The third-order valence-electron chi connectivity index (χ3n) is 5.98. The highest BCUT2D eigenvalue weighted by atomic mass is 16.2. The van der Waals surface area contributed by atoms with Gasteiger partial charge in [0.05, 0.1) is 0 Å². The van der Waals surface area contributed by atoms with Crippen LogP contribution in [0.5, 0.6) is 0 Å². The normalized spacial score (nSPS) is 37.1. The summed E-state index contributed by atoms with van der Waals surface area (Å²) in [5.74, 6) is 1.25. The molecule has 3 N–H and O–H groups in total. The first-order chi connectivity index (χ1) is 9.12. The Morgan fingerprint density at radius 1 is 1.15 bits per heavy atom. The van der Waals surface area contributed by atoms with Crippen LogP contribution in [-0.2, 0) is 4.79 Å². The molecule has 0 aromatic carbocycles. The average Bonchev–Trinajstić information content (AvgIpc) is 2.37. The van der Waals surface area contributed by atoms with Gasteiger partial charge in [0.15, 0.2) is 0 Å². The number of hydrogen-bond acceptors (Lipinski definition) is 2. The average molecular weight is 280 g/mol. The summed E-state index contributed by atoms with van der Waals surface area (Å²) in [7, 11) is 0. The van der Waals surface area contributed by atoms with Crippen LogP contribution in [0.15, 0.2) is 0 Å². The lowest BCUT2D eigenvalue weighted by Crippen LogP contribution is -2.65. The molecule has 2 rings (SSSR count). The zero-order valence-corrected chi connectivity index (χ0v) is 13.8. The van der Waals surface area contributed by atoms with Crippen molar-refractivity contribution in [1.82, 2.24) is 5.32 Å². The van der Waals surface area contributed by atoms with Crippen molar-refractivity contribution < 1.29 is 4.79 Å². The first kappa shape index (κ1) is 15.8. The first-order valence-electron chi connectivity index (χ1n) is 8.18.